The molecule has 1 heterocycles. The molecule has 1 atom stereocenters. The van der Waals surface area contributed by atoms with Gasteiger partial charge in [-0.2, -0.15) is 0 Å². The van der Waals surface area contributed by atoms with Gasteiger partial charge in [0.25, 0.3) is 0 Å². The van der Waals surface area contributed by atoms with Gasteiger partial charge in [0.2, 0.25) is 5.91 Å². The Morgan fingerprint density at radius 2 is 2.09 bits per heavy atom. The number of hydrogen-bond donors (Lipinski definition) is 2. The normalized spacial score (nSPS) is 17.1. The lowest BCUT2D eigenvalue weighted by Gasteiger charge is -2.25. The molecule has 23 heavy (non-hydrogen) atoms. The highest BCUT2D eigenvalue weighted by molar-refractivity contribution is 5.86. The Balaban J connectivity index is 1.68. The number of benzene rings is 1. The minimum atomic E-state index is -0.884. The SMILES string of the molecule is Cc1ccc(CNC(=O)[C@H](O)C2CCCCC2)c2cccnc12. The second kappa shape index (κ2) is 7.09. The Kier molecular flexibility index (Phi) is 4.91. The number of pyridine rings is 1. The Morgan fingerprint density at radius 3 is 2.87 bits per heavy atom. The Morgan fingerprint density at radius 1 is 1.30 bits per heavy atom. The molecule has 2 N–H and O–H groups in total. The second-order valence-corrected chi connectivity index (χ2v) is 6.50. The maximum atomic E-state index is 12.2. The second-order valence-electron chi connectivity index (χ2n) is 6.50. The maximum absolute atomic E-state index is 12.2. The monoisotopic (exact) mass is 312 g/mol. The van der Waals surface area contributed by atoms with Gasteiger partial charge >= 0.3 is 0 Å². The highest BCUT2D eigenvalue weighted by atomic mass is 16.3. The van der Waals surface area contributed by atoms with E-state index in [2.05, 4.69) is 10.3 Å². The first-order valence-electron chi connectivity index (χ1n) is 8.46. The van der Waals surface area contributed by atoms with Crippen molar-refractivity contribution in [2.75, 3.05) is 0 Å². The molecule has 0 unspecified atom stereocenters. The van der Waals surface area contributed by atoms with E-state index in [9.17, 15) is 9.90 Å². The molecule has 1 aromatic carbocycles. The van der Waals surface area contributed by atoms with Gasteiger partial charge in [-0.25, -0.2) is 0 Å². The van der Waals surface area contributed by atoms with Crippen LogP contribution in [0.3, 0.4) is 0 Å². The van der Waals surface area contributed by atoms with Crippen LogP contribution >= 0.6 is 0 Å². The summed E-state index contributed by atoms with van der Waals surface area (Å²) in [6.45, 7) is 2.45. The van der Waals surface area contributed by atoms with Gasteiger partial charge in [0.05, 0.1) is 5.52 Å². The fraction of sp³-hybridized carbons (Fsp3) is 0.474. The van der Waals surface area contributed by atoms with Gasteiger partial charge in [-0.15, -0.1) is 0 Å². The molecule has 4 heteroatoms. The number of aromatic nitrogens is 1. The van der Waals surface area contributed by atoms with Crippen LogP contribution in [-0.2, 0) is 11.3 Å². The molecule has 0 bridgehead atoms. The molecular weight excluding hydrogens is 288 g/mol. The van der Waals surface area contributed by atoms with Crippen molar-refractivity contribution in [3.05, 3.63) is 41.6 Å². The smallest absolute Gasteiger partial charge is 0.249 e. The van der Waals surface area contributed by atoms with Crippen LogP contribution in [0.25, 0.3) is 10.9 Å². The lowest BCUT2D eigenvalue weighted by atomic mass is 9.85. The van der Waals surface area contributed by atoms with E-state index in [1.54, 1.807) is 6.20 Å². The van der Waals surface area contributed by atoms with E-state index >= 15 is 0 Å². The lowest BCUT2D eigenvalue weighted by molar-refractivity contribution is -0.132. The maximum Gasteiger partial charge on any atom is 0.249 e. The predicted octanol–water partition coefficient (Wildman–Crippen LogP) is 3.10. The zero-order chi connectivity index (χ0) is 16.2. The molecule has 4 nitrogen and oxygen atoms in total. The number of aliphatic hydroxyl groups excluding tert-OH is 1. The van der Waals surface area contributed by atoms with E-state index < -0.39 is 6.10 Å². The summed E-state index contributed by atoms with van der Waals surface area (Å²) >= 11 is 0. The van der Waals surface area contributed by atoms with Crippen LogP contribution in [0.15, 0.2) is 30.5 Å². The molecule has 1 fully saturated rings. The van der Waals surface area contributed by atoms with Gasteiger partial charge in [-0.1, -0.05) is 37.5 Å². The van der Waals surface area contributed by atoms with Crippen molar-refractivity contribution in [2.24, 2.45) is 5.92 Å². The summed E-state index contributed by atoms with van der Waals surface area (Å²) in [4.78, 5) is 16.7. The van der Waals surface area contributed by atoms with Crippen LogP contribution in [0.5, 0.6) is 0 Å². The topological polar surface area (TPSA) is 62.2 Å². The van der Waals surface area contributed by atoms with Crippen molar-refractivity contribution in [3.63, 3.8) is 0 Å². The summed E-state index contributed by atoms with van der Waals surface area (Å²) in [5.74, 6) is -0.144. The van der Waals surface area contributed by atoms with Crippen LogP contribution < -0.4 is 5.32 Å². The standard InChI is InChI=1S/C19H24N2O2/c1-13-9-10-15(16-8-5-11-20-17(13)16)12-21-19(23)18(22)14-6-3-2-4-7-14/h5,8-11,14,18,22H,2-4,6-7,12H2,1H3,(H,21,23)/t18-/m1/s1. The van der Waals surface area contributed by atoms with Crippen LogP contribution in [0, 0.1) is 12.8 Å². The highest BCUT2D eigenvalue weighted by Gasteiger charge is 2.27. The summed E-state index contributed by atoms with van der Waals surface area (Å²) in [5.41, 5.74) is 3.12. The van der Waals surface area contributed by atoms with Crippen molar-refractivity contribution < 1.29 is 9.90 Å². The number of amides is 1. The zero-order valence-electron chi connectivity index (χ0n) is 13.6. The fourth-order valence-electron chi connectivity index (χ4n) is 3.48. The molecule has 2 aromatic rings. The number of nitrogens with zero attached hydrogens (tertiary/aromatic N) is 1. The first-order chi connectivity index (χ1) is 11.2. The Bertz CT molecular complexity index is 693. The molecule has 0 saturated heterocycles. The van der Waals surface area contributed by atoms with E-state index in [4.69, 9.17) is 0 Å². The van der Waals surface area contributed by atoms with Crippen LogP contribution in [-0.4, -0.2) is 22.1 Å². The third kappa shape index (κ3) is 3.53. The first kappa shape index (κ1) is 15.9. The lowest BCUT2D eigenvalue weighted by Crippen LogP contribution is -2.39. The Labute approximate surface area is 136 Å². The molecule has 1 aliphatic rings. The largest absolute Gasteiger partial charge is 0.383 e. The van der Waals surface area contributed by atoms with Gasteiger partial charge in [0.15, 0.2) is 0 Å². The van der Waals surface area contributed by atoms with Crippen molar-refractivity contribution in [2.45, 2.75) is 51.7 Å². The number of rotatable bonds is 4. The van der Waals surface area contributed by atoms with Crippen LogP contribution in [0.2, 0.25) is 0 Å². The average Bonchev–Trinajstić information content (AvgIpc) is 2.61. The number of hydrogen-bond acceptors (Lipinski definition) is 3. The van der Waals surface area contributed by atoms with Crippen molar-refractivity contribution in [1.82, 2.24) is 10.3 Å². The molecule has 1 saturated carbocycles. The summed E-state index contributed by atoms with van der Waals surface area (Å²) in [5, 5.41) is 14.2. The number of nitrogens with one attached hydrogen (secondary N) is 1. The molecule has 1 aromatic heterocycles. The molecule has 1 amide bonds. The number of aryl methyl sites for hydroxylation is 1. The summed E-state index contributed by atoms with van der Waals surface area (Å²) in [6, 6.07) is 7.97. The van der Waals surface area contributed by atoms with Crippen molar-refractivity contribution in [1.29, 1.82) is 0 Å². The number of carbonyl (C=O) groups is 1. The molecule has 0 radical (unpaired) electrons. The number of carbonyl (C=O) groups excluding carboxylic acids is 1. The summed E-state index contributed by atoms with van der Waals surface area (Å²) in [7, 11) is 0. The van der Waals surface area contributed by atoms with Gasteiger partial charge in [-0.3, -0.25) is 9.78 Å². The number of fused-ring (bicyclic) bond motifs is 1. The zero-order valence-corrected chi connectivity index (χ0v) is 13.6. The summed E-state index contributed by atoms with van der Waals surface area (Å²) in [6.07, 6.45) is 6.24. The van der Waals surface area contributed by atoms with E-state index in [0.29, 0.717) is 6.54 Å². The molecule has 3 rings (SSSR count). The minimum Gasteiger partial charge on any atom is -0.383 e. The molecule has 1 aliphatic carbocycles. The minimum absolute atomic E-state index is 0.111. The molecule has 0 aliphatic heterocycles. The highest BCUT2D eigenvalue weighted by Crippen LogP contribution is 2.26. The summed E-state index contributed by atoms with van der Waals surface area (Å²) < 4.78 is 0. The fourth-order valence-corrected chi connectivity index (χ4v) is 3.48. The van der Waals surface area contributed by atoms with Crippen molar-refractivity contribution in [3.8, 4) is 0 Å². The van der Waals surface area contributed by atoms with Crippen molar-refractivity contribution >= 4 is 16.8 Å². The van der Waals surface area contributed by atoms with E-state index in [-0.39, 0.29) is 11.8 Å². The predicted molar refractivity (Wildman–Crippen MR) is 90.9 cm³/mol. The van der Waals surface area contributed by atoms with Gasteiger partial charge in [0.1, 0.15) is 6.10 Å². The quantitative estimate of drug-likeness (QED) is 0.912. The third-order valence-electron chi connectivity index (χ3n) is 4.88. The van der Waals surface area contributed by atoms with Crippen LogP contribution in [0.4, 0.5) is 0 Å². The van der Waals surface area contributed by atoms with Crippen LogP contribution in [0.1, 0.15) is 43.2 Å². The van der Waals surface area contributed by atoms with Gasteiger partial charge < -0.3 is 10.4 Å². The molecular formula is C19H24N2O2. The molecule has 122 valence electrons. The average molecular weight is 312 g/mol. The van der Waals surface area contributed by atoms with E-state index in [1.165, 1.54) is 6.42 Å². The van der Waals surface area contributed by atoms with E-state index in [1.807, 2.05) is 31.2 Å². The van der Waals surface area contributed by atoms with Gasteiger partial charge in [0, 0.05) is 18.1 Å². The van der Waals surface area contributed by atoms with E-state index in [0.717, 1.165) is 47.7 Å². The Hall–Kier alpha value is -1.94. The first-order valence-corrected chi connectivity index (χ1v) is 8.46. The third-order valence-corrected chi connectivity index (χ3v) is 4.88. The number of aliphatic hydroxyl groups is 1. The van der Waals surface area contributed by atoms with Gasteiger partial charge in [-0.05, 0) is 42.9 Å². The molecule has 0 spiro atoms.